The van der Waals surface area contributed by atoms with Gasteiger partial charge in [0.2, 0.25) is 0 Å². The monoisotopic (exact) mass is 1400 g/mol. The quantitative estimate of drug-likeness (QED) is 0.0169. The predicted octanol–water partition coefficient (Wildman–Crippen LogP) is 21.9. The Kier molecular flexibility index (Phi) is 67.8. The molecule has 0 fully saturated rings. The molecule has 0 aliphatic rings. The van der Waals surface area contributed by atoms with E-state index in [1.807, 2.05) is 0 Å². The minimum atomic E-state index is -4.97. The summed E-state index contributed by atoms with van der Waals surface area (Å²) in [6.45, 7) is 4.81. The number of aliphatic hydroxyl groups excluding tert-OH is 1. The van der Waals surface area contributed by atoms with E-state index in [9.17, 15) is 43.2 Å². The van der Waals surface area contributed by atoms with Crippen molar-refractivity contribution < 1.29 is 80.2 Å². The predicted molar refractivity (Wildman–Crippen MR) is 390 cm³/mol. The molecular weight excluding hydrogens is 1260 g/mol. The number of hydrogen-bond donors (Lipinski definition) is 3. The van der Waals surface area contributed by atoms with Gasteiger partial charge in [0, 0.05) is 25.7 Å². The Morgan fingerprint density at radius 3 is 0.812 bits per heavy atom. The maximum Gasteiger partial charge on any atom is 0.472 e. The highest BCUT2D eigenvalue weighted by Gasteiger charge is 2.30. The van der Waals surface area contributed by atoms with Gasteiger partial charge < -0.3 is 33.8 Å². The van der Waals surface area contributed by atoms with Crippen LogP contribution >= 0.6 is 15.6 Å². The van der Waals surface area contributed by atoms with Crippen LogP contribution in [0.25, 0.3) is 0 Å². The maximum atomic E-state index is 13.1. The standard InChI is InChI=1S/C77H140O17P2/c1-5-9-13-17-21-25-29-33-35-39-43-47-51-55-59-63-76(81)93-72(67-87-74(79)61-57-53-49-45-41-37-31-27-23-19-15-11-7-3)69-91-95(83,84)89-65-71(78)66-90-96(85,86)92-70-73(68-88-75(80)62-58-54-50-46-42-38-32-28-24-20-16-12-8-4)94-77(82)64-60-56-52-48-44-40-36-34-30-26-22-18-14-10-6-2/h21-22,25-27,31,33-36,71-73,78H,5-20,23-24,28-30,32,37-70H2,1-4H3,(H,83,84)(H,85,86)/b25-21-,26-22-,31-27-,35-33-,36-34-/t71-,72+,73+/m0/s1. The van der Waals surface area contributed by atoms with Gasteiger partial charge in [-0.15, -0.1) is 0 Å². The van der Waals surface area contributed by atoms with Gasteiger partial charge in [0.05, 0.1) is 26.4 Å². The largest absolute Gasteiger partial charge is 0.472 e. The number of phosphoric acid groups is 2. The van der Waals surface area contributed by atoms with E-state index in [4.69, 9.17) is 37.0 Å². The van der Waals surface area contributed by atoms with Gasteiger partial charge in [0.25, 0.3) is 0 Å². The number of carbonyl (C=O) groups is 4. The number of phosphoric ester groups is 2. The third-order valence-electron chi connectivity index (χ3n) is 16.5. The van der Waals surface area contributed by atoms with E-state index in [0.29, 0.717) is 25.7 Å². The second-order valence-corrected chi connectivity index (χ2v) is 28.9. The number of allylic oxidation sites excluding steroid dienone is 10. The number of hydrogen-bond acceptors (Lipinski definition) is 15. The van der Waals surface area contributed by atoms with E-state index in [-0.39, 0.29) is 25.7 Å². The van der Waals surface area contributed by atoms with Crippen LogP contribution in [0.3, 0.4) is 0 Å². The summed E-state index contributed by atoms with van der Waals surface area (Å²) in [5.74, 6) is -2.19. The minimum absolute atomic E-state index is 0.0808. The highest BCUT2D eigenvalue weighted by molar-refractivity contribution is 7.47. The lowest BCUT2D eigenvalue weighted by Crippen LogP contribution is -2.30. The fourth-order valence-corrected chi connectivity index (χ4v) is 12.1. The third-order valence-corrected chi connectivity index (χ3v) is 18.4. The third kappa shape index (κ3) is 69.2. The van der Waals surface area contributed by atoms with E-state index >= 15 is 0 Å². The molecule has 0 saturated heterocycles. The highest BCUT2D eigenvalue weighted by atomic mass is 31.2. The Morgan fingerprint density at radius 2 is 0.510 bits per heavy atom. The Morgan fingerprint density at radius 1 is 0.292 bits per heavy atom. The molecule has 0 aliphatic carbocycles. The van der Waals surface area contributed by atoms with Crippen LogP contribution in [0.1, 0.15) is 349 Å². The summed E-state index contributed by atoms with van der Waals surface area (Å²) in [7, 11) is -9.94. The zero-order chi connectivity index (χ0) is 70.4. The molecule has 0 radical (unpaired) electrons. The van der Waals surface area contributed by atoms with Crippen molar-refractivity contribution in [1.29, 1.82) is 0 Å². The van der Waals surface area contributed by atoms with Crippen LogP contribution in [0.5, 0.6) is 0 Å². The molecule has 96 heavy (non-hydrogen) atoms. The second-order valence-electron chi connectivity index (χ2n) is 25.9. The SMILES string of the molecule is CCCCC/C=C\C/C=C\CCCCCCCC(=O)O[C@H](COC(=O)CCCCCCC/C=C\CCCCCC)COP(=O)(O)OC[C@H](O)COP(=O)(O)OC[C@@H](COC(=O)CCCCCCCCCCCCCCC)OC(=O)CCCCCCC/C=C\C/C=C\CCCCC. The van der Waals surface area contributed by atoms with Gasteiger partial charge in [-0.1, -0.05) is 268 Å². The molecular formula is C77H140O17P2. The summed E-state index contributed by atoms with van der Waals surface area (Å²) < 4.78 is 68.5. The van der Waals surface area contributed by atoms with Crippen molar-refractivity contribution >= 4 is 39.5 Å². The summed E-state index contributed by atoms with van der Waals surface area (Å²) in [5.41, 5.74) is 0. The van der Waals surface area contributed by atoms with Crippen LogP contribution in [0.2, 0.25) is 0 Å². The van der Waals surface area contributed by atoms with Crippen LogP contribution in [-0.2, 0) is 65.4 Å². The van der Waals surface area contributed by atoms with E-state index in [0.717, 1.165) is 148 Å². The number of carbonyl (C=O) groups excluding carboxylic acids is 4. The zero-order valence-corrected chi connectivity index (χ0v) is 62.8. The van der Waals surface area contributed by atoms with E-state index in [2.05, 4.69) is 88.5 Å². The van der Waals surface area contributed by atoms with Gasteiger partial charge in [-0.3, -0.25) is 37.3 Å². The summed E-state index contributed by atoms with van der Waals surface area (Å²) in [5, 5.41) is 10.6. The Bertz CT molecular complexity index is 2060. The van der Waals surface area contributed by atoms with Gasteiger partial charge in [-0.25, -0.2) is 9.13 Å². The van der Waals surface area contributed by atoms with Crippen LogP contribution in [0.15, 0.2) is 60.8 Å². The average Bonchev–Trinajstić information content (AvgIpc) is 1.19. The van der Waals surface area contributed by atoms with Crippen LogP contribution in [0, 0.1) is 0 Å². The van der Waals surface area contributed by atoms with Gasteiger partial charge in [0.15, 0.2) is 12.2 Å². The summed E-state index contributed by atoms with van der Waals surface area (Å²) >= 11 is 0. The fraction of sp³-hybridized carbons (Fsp3) is 0.818. The van der Waals surface area contributed by atoms with Gasteiger partial charge in [-0.05, 0) is 116 Å². The summed E-state index contributed by atoms with van der Waals surface area (Å²) in [4.78, 5) is 72.8. The molecule has 0 heterocycles. The molecule has 560 valence electrons. The first-order valence-corrected chi connectivity index (χ1v) is 41.5. The van der Waals surface area contributed by atoms with Crippen molar-refractivity contribution in [3.63, 3.8) is 0 Å². The molecule has 0 saturated carbocycles. The molecule has 5 atom stereocenters. The zero-order valence-electron chi connectivity index (χ0n) is 61.1. The first-order chi connectivity index (χ1) is 46.7. The van der Waals surface area contributed by atoms with Crippen molar-refractivity contribution in [2.45, 2.75) is 367 Å². The molecule has 0 spiro atoms. The van der Waals surface area contributed by atoms with Crippen molar-refractivity contribution in [2.75, 3.05) is 39.6 Å². The summed E-state index contributed by atoms with van der Waals surface area (Å²) in [6, 6.07) is 0. The average molecular weight is 1400 g/mol. The van der Waals surface area contributed by atoms with Crippen molar-refractivity contribution in [1.82, 2.24) is 0 Å². The second kappa shape index (κ2) is 70.2. The molecule has 3 N–H and O–H groups in total. The molecule has 0 aromatic carbocycles. The van der Waals surface area contributed by atoms with E-state index < -0.39 is 97.5 Å². The van der Waals surface area contributed by atoms with Crippen LogP contribution < -0.4 is 0 Å². The Balaban J connectivity index is 5.35. The number of rotatable bonds is 73. The minimum Gasteiger partial charge on any atom is -0.462 e. The number of esters is 4. The normalized spacial score (nSPS) is 14.3. The molecule has 0 aromatic rings. The lowest BCUT2D eigenvalue weighted by molar-refractivity contribution is -0.161. The molecule has 0 aromatic heterocycles. The molecule has 0 amide bonds. The van der Waals surface area contributed by atoms with Gasteiger partial charge >= 0.3 is 39.5 Å². The Hall–Kier alpha value is -3.24. The van der Waals surface area contributed by atoms with E-state index in [1.165, 1.54) is 122 Å². The Labute approximate surface area is 584 Å². The molecule has 0 bridgehead atoms. The maximum absolute atomic E-state index is 13.1. The first kappa shape index (κ1) is 92.8. The summed E-state index contributed by atoms with van der Waals surface area (Å²) in [6.07, 6.45) is 67.7. The molecule has 0 rings (SSSR count). The van der Waals surface area contributed by atoms with Crippen molar-refractivity contribution in [2.24, 2.45) is 0 Å². The van der Waals surface area contributed by atoms with Crippen LogP contribution in [0.4, 0.5) is 0 Å². The lowest BCUT2D eigenvalue weighted by atomic mass is 10.0. The molecule has 0 aliphatic heterocycles. The van der Waals surface area contributed by atoms with Gasteiger partial charge in [-0.2, -0.15) is 0 Å². The molecule has 2 unspecified atom stereocenters. The smallest absolute Gasteiger partial charge is 0.462 e. The van der Waals surface area contributed by atoms with Crippen LogP contribution in [-0.4, -0.2) is 96.7 Å². The number of aliphatic hydroxyl groups is 1. The lowest BCUT2D eigenvalue weighted by Gasteiger charge is -2.21. The van der Waals surface area contributed by atoms with Gasteiger partial charge in [0.1, 0.15) is 19.3 Å². The van der Waals surface area contributed by atoms with Crippen molar-refractivity contribution in [3.05, 3.63) is 60.8 Å². The number of ether oxygens (including phenoxy) is 4. The fourth-order valence-electron chi connectivity index (χ4n) is 10.5. The number of unbranched alkanes of at least 4 members (excludes halogenated alkanes) is 37. The molecule has 17 nitrogen and oxygen atoms in total. The first-order valence-electron chi connectivity index (χ1n) is 38.5. The molecule has 19 heteroatoms. The van der Waals surface area contributed by atoms with Crippen molar-refractivity contribution in [3.8, 4) is 0 Å². The highest BCUT2D eigenvalue weighted by Crippen LogP contribution is 2.45. The van der Waals surface area contributed by atoms with E-state index in [1.54, 1.807) is 0 Å². The topological polar surface area (TPSA) is 237 Å².